The predicted molar refractivity (Wildman–Crippen MR) is 64.8 cm³/mol. The molecule has 5 heteroatoms. The van der Waals surface area contributed by atoms with Gasteiger partial charge in [-0.25, -0.2) is 8.78 Å². The number of rotatable bonds is 5. The largest absolute Gasteiger partial charge is 0.294 e. The highest BCUT2D eigenvalue weighted by Gasteiger charge is 2.11. The second kappa shape index (κ2) is 5.62. The molecule has 1 aromatic heterocycles. The van der Waals surface area contributed by atoms with E-state index in [-0.39, 0.29) is 5.69 Å². The number of hydrogen-bond acceptors (Lipinski definition) is 1. The molecule has 0 spiro atoms. The first-order valence-corrected chi connectivity index (χ1v) is 5.78. The van der Waals surface area contributed by atoms with Crippen molar-refractivity contribution in [2.45, 2.75) is 25.8 Å². The van der Waals surface area contributed by atoms with Crippen LogP contribution in [0.2, 0.25) is 0 Å². The van der Waals surface area contributed by atoms with Crippen LogP contribution >= 0.6 is 0 Å². The fourth-order valence-electron chi connectivity index (χ4n) is 1.82. The van der Waals surface area contributed by atoms with Crippen LogP contribution in [0, 0.1) is 0 Å². The molecule has 2 aromatic rings. The van der Waals surface area contributed by atoms with Gasteiger partial charge in [-0.1, -0.05) is 30.3 Å². The molecule has 2 rings (SSSR count). The smallest absolute Gasteiger partial charge is 0.279 e. The van der Waals surface area contributed by atoms with Crippen LogP contribution in [-0.4, -0.2) is 9.78 Å². The van der Waals surface area contributed by atoms with Gasteiger partial charge in [0.15, 0.2) is 0 Å². The summed E-state index contributed by atoms with van der Waals surface area (Å²) in [5.41, 5.74) is 0.448. The van der Waals surface area contributed by atoms with Gasteiger partial charge < -0.3 is 0 Å². The number of nitrogens with one attached hydrogen (secondary N) is 1. The first kappa shape index (κ1) is 12.5. The SMILES string of the molecule is O=c1cc(C(F)F)[nH]n1CCCc1ccccc1. The monoisotopic (exact) mass is 252 g/mol. The number of nitrogens with zero attached hydrogens (tertiary/aromatic N) is 1. The van der Waals surface area contributed by atoms with Crippen LogP contribution in [0.25, 0.3) is 0 Å². The summed E-state index contributed by atoms with van der Waals surface area (Å²) in [4.78, 5) is 11.4. The summed E-state index contributed by atoms with van der Waals surface area (Å²) in [6.45, 7) is 0.417. The van der Waals surface area contributed by atoms with Crippen molar-refractivity contribution >= 4 is 0 Å². The molecule has 0 aliphatic carbocycles. The van der Waals surface area contributed by atoms with E-state index in [9.17, 15) is 13.6 Å². The van der Waals surface area contributed by atoms with Crippen molar-refractivity contribution in [2.75, 3.05) is 0 Å². The maximum absolute atomic E-state index is 12.4. The van der Waals surface area contributed by atoms with E-state index in [0.717, 1.165) is 18.9 Å². The highest BCUT2D eigenvalue weighted by Crippen LogP contribution is 2.13. The van der Waals surface area contributed by atoms with E-state index >= 15 is 0 Å². The molecule has 1 N–H and O–H groups in total. The molecule has 0 aliphatic heterocycles. The van der Waals surface area contributed by atoms with Gasteiger partial charge in [-0.2, -0.15) is 0 Å². The van der Waals surface area contributed by atoms with Crippen LogP contribution in [-0.2, 0) is 13.0 Å². The lowest BCUT2D eigenvalue weighted by molar-refractivity contribution is 0.145. The maximum Gasteiger partial charge on any atom is 0.279 e. The molecule has 0 saturated heterocycles. The molecule has 0 amide bonds. The van der Waals surface area contributed by atoms with Crippen molar-refractivity contribution in [3.8, 4) is 0 Å². The van der Waals surface area contributed by atoms with E-state index in [4.69, 9.17) is 0 Å². The molecule has 1 aromatic carbocycles. The quantitative estimate of drug-likeness (QED) is 0.873. The summed E-state index contributed by atoms with van der Waals surface area (Å²) < 4.78 is 26.0. The van der Waals surface area contributed by atoms with E-state index in [1.165, 1.54) is 10.2 Å². The van der Waals surface area contributed by atoms with Crippen molar-refractivity contribution in [1.29, 1.82) is 0 Å². The van der Waals surface area contributed by atoms with E-state index in [1.807, 2.05) is 30.3 Å². The molecule has 0 unspecified atom stereocenters. The summed E-state index contributed by atoms with van der Waals surface area (Å²) in [5, 5.41) is 2.42. The number of aryl methyl sites for hydroxylation is 2. The zero-order valence-corrected chi connectivity index (χ0v) is 9.77. The Hall–Kier alpha value is -1.91. The molecule has 0 aliphatic rings. The number of H-pyrrole nitrogens is 1. The number of alkyl halides is 2. The Morgan fingerprint density at radius 2 is 1.94 bits per heavy atom. The first-order chi connectivity index (χ1) is 8.66. The second-order valence-electron chi connectivity index (χ2n) is 4.09. The zero-order chi connectivity index (χ0) is 13.0. The minimum atomic E-state index is -2.63. The van der Waals surface area contributed by atoms with Crippen molar-refractivity contribution in [2.24, 2.45) is 0 Å². The number of aromatic amines is 1. The molecular formula is C13H14F2N2O. The topological polar surface area (TPSA) is 37.8 Å². The lowest BCUT2D eigenvalue weighted by Gasteiger charge is -2.03. The third-order valence-electron chi connectivity index (χ3n) is 2.73. The Labute approximate surface area is 103 Å². The van der Waals surface area contributed by atoms with Crippen LogP contribution in [0.15, 0.2) is 41.2 Å². The van der Waals surface area contributed by atoms with Crippen molar-refractivity contribution in [1.82, 2.24) is 9.78 Å². The number of benzene rings is 1. The normalized spacial score (nSPS) is 11.1. The predicted octanol–water partition coefficient (Wildman–Crippen LogP) is 2.75. The Morgan fingerprint density at radius 1 is 1.22 bits per heavy atom. The van der Waals surface area contributed by atoms with Crippen LogP contribution in [0.1, 0.15) is 24.1 Å². The van der Waals surface area contributed by atoms with E-state index in [1.54, 1.807) is 0 Å². The molecule has 0 atom stereocenters. The molecule has 96 valence electrons. The fourth-order valence-corrected chi connectivity index (χ4v) is 1.82. The van der Waals surface area contributed by atoms with Gasteiger partial charge in [-0.3, -0.25) is 14.6 Å². The Morgan fingerprint density at radius 3 is 2.56 bits per heavy atom. The van der Waals surface area contributed by atoms with E-state index in [0.29, 0.717) is 6.54 Å². The first-order valence-electron chi connectivity index (χ1n) is 5.78. The Bertz CT molecular complexity index is 546. The van der Waals surface area contributed by atoms with Gasteiger partial charge in [0.05, 0.1) is 0 Å². The number of hydrogen-bond donors (Lipinski definition) is 1. The van der Waals surface area contributed by atoms with Crippen molar-refractivity contribution in [3.63, 3.8) is 0 Å². The van der Waals surface area contributed by atoms with Gasteiger partial charge in [0.1, 0.15) is 5.69 Å². The summed E-state index contributed by atoms with van der Waals surface area (Å²) in [6, 6.07) is 10.8. The maximum atomic E-state index is 12.4. The fraction of sp³-hybridized carbons (Fsp3) is 0.308. The van der Waals surface area contributed by atoms with Gasteiger partial charge >= 0.3 is 0 Å². The summed E-state index contributed by atoms with van der Waals surface area (Å²) in [6.07, 6.45) is -1.09. The van der Waals surface area contributed by atoms with E-state index in [2.05, 4.69) is 5.10 Å². The average molecular weight is 252 g/mol. The van der Waals surface area contributed by atoms with Gasteiger partial charge in [0.25, 0.3) is 12.0 Å². The third kappa shape index (κ3) is 3.06. The lowest BCUT2D eigenvalue weighted by Crippen LogP contribution is -2.16. The number of halogens is 2. The molecule has 0 bridgehead atoms. The minimum absolute atomic E-state index is 0.320. The minimum Gasteiger partial charge on any atom is -0.294 e. The lowest BCUT2D eigenvalue weighted by atomic mass is 10.1. The third-order valence-corrected chi connectivity index (χ3v) is 2.73. The highest BCUT2D eigenvalue weighted by atomic mass is 19.3. The van der Waals surface area contributed by atoms with Gasteiger partial charge in [-0.15, -0.1) is 0 Å². The van der Waals surface area contributed by atoms with Crippen LogP contribution in [0.4, 0.5) is 8.78 Å². The molecule has 0 fully saturated rings. The van der Waals surface area contributed by atoms with Crippen LogP contribution in [0.5, 0.6) is 0 Å². The Kier molecular flexibility index (Phi) is 3.92. The standard InChI is InChI=1S/C13H14F2N2O/c14-13(15)11-9-12(18)17(16-11)8-4-7-10-5-2-1-3-6-10/h1-3,5-6,9,13,16H,4,7-8H2. The van der Waals surface area contributed by atoms with Crippen molar-refractivity contribution < 1.29 is 8.78 Å². The van der Waals surface area contributed by atoms with E-state index < -0.39 is 12.0 Å². The number of aromatic nitrogens is 2. The van der Waals surface area contributed by atoms with Gasteiger partial charge in [0, 0.05) is 12.6 Å². The molecule has 0 radical (unpaired) electrons. The Balaban J connectivity index is 1.93. The van der Waals surface area contributed by atoms with Gasteiger partial charge in [-0.05, 0) is 18.4 Å². The molecule has 18 heavy (non-hydrogen) atoms. The van der Waals surface area contributed by atoms with Crippen LogP contribution < -0.4 is 5.56 Å². The van der Waals surface area contributed by atoms with Gasteiger partial charge in [0.2, 0.25) is 0 Å². The van der Waals surface area contributed by atoms with Crippen LogP contribution in [0.3, 0.4) is 0 Å². The highest BCUT2D eigenvalue weighted by molar-refractivity contribution is 5.14. The molecule has 0 saturated carbocycles. The summed E-state index contributed by atoms with van der Waals surface area (Å²) in [5.74, 6) is 0. The molecular weight excluding hydrogens is 238 g/mol. The second-order valence-corrected chi connectivity index (χ2v) is 4.09. The molecule has 1 heterocycles. The average Bonchev–Trinajstić information content (AvgIpc) is 2.73. The molecule has 3 nitrogen and oxygen atoms in total. The zero-order valence-electron chi connectivity index (χ0n) is 9.77. The summed E-state index contributed by atoms with van der Waals surface area (Å²) >= 11 is 0. The summed E-state index contributed by atoms with van der Waals surface area (Å²) in [7, 11) is 0. The van der Waals surface area contributed by atoms with Crippen molar-refractivity contribution in [3.05, 3.63) is 58.0 Å².